The Hall–Kier alpha value is -4.40. The first kappa shape index (κ1) is 31.5. The summed E-state index contributed by atoms with van der Waals surface area (Å²) in [7, 11) is 0. The molecule has 0 saturated heterocycles. The summed E-state index contributed by atoms with van der Waals surface area (Å²) in [5.74, 6) is -2.55. The molecule has 2 heterocycles. The third kappa shape index (κ3) is 7.16. The second kappa shape index (κ2) is 12.1. The van der Waals surface area contributed by atoms with E-state index in [9.17, 15) is 9.59 Å². The van der Waals surface area contributed by atoms with E-state index in [4.69, 9.17) is 19.3 Å². The number of hydrogen-bond donors (Lipinski definition) is 1. The van der Waals surface area contributed by atoms with Gasteiger partial charge in [-0.2, -0.15) is 5.10 Å². The number of allylic oxidation sites excluding steroid dienone is 2. The van der Waals surface area contributed by atoms with Crippen LogP contribution in [0.15, 0.2) is 77.3 Å². The van der Waals surface area contributed by atoms with Gasteiger partial charge in [0, 0.05) is 28.7 Å². The van der Waals surface area contributed by atoms with E-state index in [1.54, 1.807) is 85.3 Å². The number of benzene rings is 2. The molecule has 1 aliphatic rings. The maximum absolute atomic E-state index is 15.2. The second-order valence-electron chi connectivity index (χ2n) is 12.4. The lowest BCUT2D eigenvalue weighted by Gasteiger charge is -2.33. The lowest BCUT2D eigenvalue weighted by molar-refractivity contribution is -0.150. The number of rotatable bonds is 7. The first-order chi connectivity index (χ1) is 20.1. The van der Waals surface area contributed by atoms with Crippen molar-refractivity contribution >= 4 is 11.9 Å². The standard InChI is InChI=1S/C34H40FN3O5/c1-10-41-26-17-16-22(18-25(26)35)30-24(19-38(37-30)23-14-12-11-13-15-23)29-27(31(39)42-33(4,5)6)20(2)36-21(3)28(29)32(40)43-34(7,8)9/h11-19,29,36H,10H2,1-9H3. The Bertz CT molecular complexity index is 1540. The number of aromatic nitrogens is 2. The molecule has 0 saturated carbocycles. The van der Waals surface area contributed by atoms with Gasteiger partial charge < -0.3 is 19.5 Å². The van der Waals surface area contributed by atoms with Crippen LogP contribution in [0, 0.1) is 5.82 Å². The highest BCUT2D eigenvalue weighted by molar-refractivity contribution is 6.00. The molecule has 0 amide bonds. The van der Waals surface area contributed by atoms with Gasteiger partial charge in [-0.15, -0.1) is 0 Å². The third-order valence-electron chi connectivity index (χ3n) is 6.58. The highest BCUT2D eigenvalue weighted by Gasteiger charge is 2.42. The Morgan fingerprint density at radius 1 is 0.907 bits per heavy atom. The molecule has 0 bridgehead atoms. The number of carbonyl (C=O) groups excluding carboxylic acids is 2. The van der Waals surface area contributed by atoms with Crippen LogP contribution in [0.25, 0.3) is 16.9 Å². The van der Waals surface area contributed by atoms with Gasteiger partial charge in [-0.05, 0) is 92.6 Å². The number of hydrogen-bond acceptors (Lipinski definition) is 7. The zero-order valence-corrected chi connectivity index (χ0v) is 26.3. The topological polar surface area (TPSA) is 91.7 Å². The Balaban J connectivity index is 2.02. The van der Waals surface area contributed by atoms with Gasteiger partial charge in [-0.1, -0.05) is 18.2 Å². The monoisotopic (exact) mass is 589 g/mol. The van der Waals surface area contributed by atoms with E-state index in [0.717, 1.165) is 5.69 Å². The summed E-state index contributed by atoms with van der Waals surface area (Å²) < 4.78 is 34.0. The van der Waals surface area contributed by atoms with E-state index in [1.807, 2.05) is 30.3 Å². The van der Waals surface area contributed by atoms with Gasteiger partial charge in [0.25, 0.3) is 0 Å². The summed E-state index contributed by atoms with van der Waals surface area (Å²) in [6.45, 7) is 16.3. The van der Waals surface area contributed by atoms with E-state index in [1.165, 1.54) is 6.07 Å². The van der Waals surface area contributed by atoms with Crippen LogP contribution >= 0.6 is 0 Å². The van der Waals surface area contributed by atoms with Crippen LogP contribution in [-0.2, 0) is 19.1 Å². The van der Waals surface area contributed by atoms with Crippen molar-refractivity contribution in [1.29, 1.82) is 0 Å². The summed E-state index contributed by atoms with van der Waals surface area (Å²) in [4.78, 5) is 27.7. The molecular weight excluding hydrogens is 549 g/mol. The predicted octanol–water partition coefficient (Wildman–Crippen LogP) is 7.00. The summed E-state index contributed by atoms with van der Waals surface area (Å²) in [6.07, 6.45) is 1.77. The van der Waals surface area contributed by atoms with Gasteiger partial charge in [0.2, 0.25) is 0 Å². The molecule has 43 heavy (non-hydrogen) atoms. The molecular formula is C34H40FN3O5. The molecule has 9 heteroatoms. The lowest BCUT2D eigenvalue weighted by Crippen LogP contribution is -2.36. The van der Waals surface area contributed by atoms with Crippen LogP contribution in [0.1, 0.15) is 73.8 Å². The Labute approximate surface area is 252 Å². The van der Waals surface area contributed by atoms with Crippen molar-refractivity contribution in [2.75, 3.05) is 6.61 Å². The summed E-state index contributed by atoms with van der Waals surface area (Å²) in [5, 5.41) is 8.06. The Kier molecular flexibility index (Phi) is 8.85. The van der Waals surface area contributed by atoms with Gasteiger partial charge >= 0.3 is 11.9 Å². The quantitative estimate of drug-likeness (QED) is 0.297. The molecule has 0 fully saturated rings. The number of nitrogens with zero attached hydrogens (tertiary/aromatic N) is 2. The minimum absolute atomic E-state index is 0.118. The van der Waals surface area contributed by atoms with Crippen LogP contribution in [0.5, 0.6) is 5.75 Å². The highest BCUT2D eigenvalue weighted by Crippen LogP contribution is 2.44. The predicted molar refractivity (Wildman–Crippen MR) is 163 cm³/mol. The molecule has 1 aliphatic heterocycles. The Morgan fingerprint density at radius 2 is 1.47 bits per heavy atom. The summed E-state index contributed by atoms with van der Waals surface area (Å²) in [6, 6.07) is 14.0. The molecule has 1 N–H and O–H groups in total. The highest BCUT2D eigenvalue weighted by atomic mass is 19.1. The zero-order chi connectivity index (χ0) is 31.7. The van der Waals surface area contributed by atoms with Gasteiger partial charge in [-0.3, -0.25) is 0 Å². The van der Waals surface area contributed by atoms with Crippen molar-refractivity contribution in [3.63, 3.8) is 0 Å². The number of nitrogens with one attached hydrogen (secondary N) is 1. The van der Waals surface area contributed by atoms with Crippen molar-refractivity contribution in [3.05, 3.63) is 88.6 Å². The van der Waals surface area contributed by atoms with Crippen molar-refractivity contribution in [2.24, 2.45) is 0 Å². The van der Waals surface area contributed by atoms with Crippen LogP contribution < -0.4 is 10.1 Å². The number of ether oxygens (including phenoxy) is 3. The van der Waals surface area contributed by atoms with Crippen LogP contribution in [0.4, 0.5) is 4.39 Å². The fourth-order valence-corrected chi connectivity index (χ4v) is 4.97. The van der Waals surface area contributed by atoms with Crippen LogP contribution in [0.3, 0.4) is 0 Å². The summed E-state index contributed by atoms with van der Waals surface area (Å²) in [5.41, 5.74) is 2.03. The van der Waals surface area contributed by atoms with Gasteiger partial charge in [-0.25, -0.2) is 18.7 Å². The Morgan fingerprint density at radius 3 is 1.95 bits per heavy atom. The minimum Gasteiger partial charge on any atom is -0.491 e. The number of dihydropyridines is 1. The molecule has 2 aromatic carbocycles. The fraction of sp³-hybridized carbons (Fsp3) is 0.382. The molecule has 0 unspecified atom stereocenters. The normalized spacial score (nSPS) is 14.5. The molecule has 1 aromatic heterocycles. The van der Waals surface area contributed by atoms with Crippen molar-refractivity contribution in [2.45, 2.75) is 79.4 Å². The second-order valence-corrected chi connectivity index (χ2v) is 12.4. The lowest BCUT2D eigenvalue weighted by atomic mass is 9.79. The molecule has 0 aliphatic carbocycles. The number of esters is 2. The van der Waals surface area contributed by atoms with Crippen molar-refractivity contribution in [1.82, 2.24) is 15.1 Å². The maximum Gasteiger partial charge on any atom is 0.337 e. The maximum atomic E-state index is 15.2. The number of para-hydroxylation sites is 1. The average molecular weight is 590 g/mol. The van der Waals surface area contributed by atoms with Gasteiger partial charge in [0.15, 0.2) is 11.6 Å². The number of halogens is 1. The molecule has 0 atom stereocenters. The molecule has 4 rings (SSSR count). The molecule has 0 spiro atoms. The van der Waals surface area contributed by atoms with E-state index in [0.29, 0.717) is 34.8 Å². The van der Waals surface area contributed by atoms with E-state index < -0.39 is 34.9 Å². The van der Waals surface area contributed by atoms with E-state index in [-0.39, 0.29) is 16.9 Å². The number of carbonyl (C=O) groups is 2. The molecule has 0 radical (unpaired) electrons. The molecule has 8 nitrogen and oxygen atoms in total. The average Bonchev–Trinajstić information content (AvgIpc) is 3.33. The fourth-order valence-electron chi connectivity index (χ4n) is 4.97. The largest absolute Gasteiger partial charge is 0.491 e. The van der Waals surface area contributed by atoms with Crippen LogP contribution in [0.2, 0.25) is 0 Å². The van der Waals surface area contributed by atoms with E-state index in [2.05, 4.69) is 5.32 Å². The van der Waals surface area contributed by atoms with Crippen LogP contribution in [-0.4, -0.2) is 39.5 Å². The third-order valence-corrected chi connectivity index (χ3v) is 6.58. The van der Waals surface area contributed by atoms with Crippen molar-refractivity contribution in [3.8, 4) is 22.7 Å². The van der Waals surface area contributed by atoms with Crippen molar-refractivity contribution < 1.29 is 28.2 Å². The summed E-state index contributed by atoms with van der Waals surface area (Å²) >= 11 is 0. The molecule has 3 aromatic rings. The first-order valence-electron chi connectivity index (χ1n) is 14.3. The minimum atomic E-state index is -0.937. The van der Waals surface area contributed by atoms with E-state index >= 15 is 4.39 Å². The SMILES string of the molecule is CCOc1ccc(-c2nn(-c3ccccc3)cc2C2C(C(=O)OC(C)(C)C)=C(C)NC(C)=C2C(=O)OC(C)(C)C)cc1F. The zero-order valence-electron chi connectivity index (χ0n) is 26.3. The first-order valence-corrected chi connectivity index (χ1v) is 14.3. The van der Waals surface area contributed by atoms with Gasteiger partial charge in [0.05, 0.1) is 35.1 Å². The van der Waals surface area contributed by atoms with Gasteiger partial charge in [0.1, 0.15) is 11.2 Å². The molecule has 228 valence electrons. The smallest absolute Gasteiger partial charge is 0.337 e.